The minimum Gasteiger partial charge on any atom is -0.353 e. The van der Waals surface area contributed by atoms with Gasteiger partial charge in [-0.15, -0.1) is 10.2 Å². The number of rotatable bonds is 8. The van der Waals surface area contributed by atoms with E-state index in [4.69, 9.17) is 5.84 Å². The molecule has 2 aromatic rings. The third-order valence-corrected chi connectivity index (χ3v) is 5.33. The average molecular weight is 426 g/mol. The van der Waals surface area contributed by atoms with Gasteiger partial charge in [0.2, 0.25) is 11.1 Å². The molecule has 1 unspecified atom stereocenters. The minimum absolute atomic E-state index is 0.0216. The molecule has 0 saturated carbocycles. The van der Waals surface area contributed by atoms with Crippen LogP contribution in [0.1, 0.15) is 33.6 Å². The summed E-state index contributed by atoms with van der Waals surface area (Å²) in [7, 11) is 0. The molecule has 0 fully saturated rings. The molecule has 1 heterocycles. The molecule has 2 rings (SSSR count). The molecule has 136 valence electrons. The zero-order valence-electron chi connectivity index (χ0n) is 14.7. The van der Waals surface area contributed by atoms with E-state index in [0.29, 0.717) is 16.9 Å². The quantitative estimate of drug-likeness (QED) is 0.499. The summed E-state index contributed by atoms with van der Waals surface area (Å²) in [5.74, 6) is 7.53. The van der Waals surface area contributed by atoms with Crippen LogP contribution in [0.4, 0.5) is 0 Å². The lowest BCUT2D eigenvalue weighted by Crippen LogP contribution is -2.34. The molecule has 1 atom stereocenters. The maximum Gasteiger partial charge on any atom is 0.230 e. The molecule has 1 amide bonds. The van der Waals surface area contributed by atoms with E-state index in [2.05, 4.69) is 45.3 Å². The van der Waals surface area contributed by atoms with Crippen molar-refractivity contribution in [3.8, 4) is 11.4 Å². The monoisotopic (exact) mass is 425 g/mol. The van der Waals surface area contributed by atoms with Crippen LogP contribution >= 0.6 is 27.7 Å². The summed E-state index contributed by atoms with van der Waals surface area (Å²) in [4.78, 5) is 12.1. The van der Waals surface area contributed by atoms with Gasteiger partial charge in [-0.3, -0.25) is 4.79 Å². The lowest BCUT2D eigenvalue weighted by atomic mass is 10.0. The second kappa shape index (κ2) is 9.24. The number of halogens is 1. The van der Waals surface area contributed by atoms with Gasteiger partial charge in [0, 0.05) is 16.1 Å². The normalized spacial score (nSPS) is 12.4. The summed E-state index contributed by atoms with van der Waals surface area (Å²) in [5.41, 5.74) is 0.858. The molecule has 25 heavy (non-hydrogen) atoms. The maximum absolute atomic E-state index is 12.1. The van der Waals surface area contributed by atoms with Crippen molar-refractivity contribution in [3.63, 3.8) is 0 Å². The molecule has 1 aromatic heterocycles. The minimum atomic E-state index is -0.0216. The van der Waals surface area contributed by atoms with E-state index in [1.165, 1.54) is 16.4 Å². The summed E-state index contributed by atoms with van der Waals surface area (Å²) in [6.07, 6.45) is 2.08. The fourth-order valence-corrected chi connectivity index (χ4v) is 3.43. The summed E-state index contributed by atoms with van der Waals surface area (Å²) in [6, 6.07) is 7.83. The first-order chi connectivity index (χ1) is 11.9. The van der Waals surface area contributed by atoms with E-state index in [9.17, 15) is 4.79 Å². The number of hydrogen-bond donors (Lipinski definition) is 2. The van der Waals surface area contributed by atoms with Crippen molar-refractivity contribution in [1.29, 1.82) is 0 Å². The molecule has 0 aliphatic carbocycles. The Labute approximate surface area is 161 Å². The Kier molecular flexibility index (Phi) is 7.31. The van der Waals surface area contributed by atoms with Gasteiger partial charge in [-0.2, -0.15) is 0 Å². The van der Waals surface area contributed by atoms with Gasteiger partial charge in [-0.25, -0.2) is 4.68 Å². The standard InChI is InChI=1S/C17H24BrN5OS/c1-11(2)8-9-12(3)20-15(24)10-25-17-22-21-16(23(17)19)13-6-4-5-7-14(13)18/h4-7,11-12H,8-10,19H2,1-3H3,(H,20,24). The Bertz CT molecular complexity index is 719. The van der Waals surface area contributed by atoms with Crippen LogP contribution in [0.5, 0.6) is 0 Å². The van der Waals surface area contributed by atoms with Crippen LogP contribution in [0.3, 0.4) is 0 Å². The predicted molar refractivity (Wildman–Crippen MR) is 106 cm³/mol. The largest absolute Gasteiger partial charge is 0.353 e. The van der Waals surface area contributed by atoms with E-state index in [0.717, 1.165) is 22.9 Å². The lowest BCUT2D eigenvalue weighted by Gasteiger charge is -2.14. The Hall–Kier alpha value is -1.54. The van der Waals surface area contributed by atoms with Crippen molar-refractivity contribution in [2.24, 2.45) is 5.92 Å². The number of nitrogens with one attached hydrogen (secondary N) is 1. The predicted octanol–water partition coefficient (Wildman–Crippen LogP) is 3.45. The zero-order valence-corrected chi connectivity index (χ0v) is 17.1. The number of nitrogens with zero attached hydrogens (tertiary/aromatic N) is 3. The van der Waals surface area contributed by atoms with Gasteiger partial charge < -0.3 is 11.2 Å². The Morgan fingerprint density at radius 3 is 2.68 bits per heavy atom. The fourth-order valence-electron chi connectivity index (χ4n) is 2.30. The van der Waals surface area contributed by atoms with E-state index in [1.54, 1.807) is 0 Å². The Morgan fingerprint density at radius 1 is 1.28 bits per heavy atom. The fraction of sp³-hybridized carbons (Fsp3) is 0.471. The Morgan fingerprint density at radius 2 is 2.00 bits per heavy atom. The van der Waals surface area contributed by atoms with Crippen molar-refractivity contribution in [1.82, 2.24) is 20.2 Å². The first-order valence-corrected chi connectivity index (χ1v) is 10.0. The van der Waals surface area contributed by atoms with E-state index in [-0.39, 0.29) is 17.7 Å². The molecule has 6 nitrogen and oxygen atoms in total. The van der Waals surface area contributed by atoms with Gasteiger partial charge in [0.15, 0.2) is 5.82 Å². The van der Waals surface area contributed by atoms with Crippen molar-refractivity contribution >= 4 is 33.6 Å². The Balaban J connectivity index is 1.92. The molecule has 0 saturated heterocycles. The van der Waals surface area contributed by atoms with Gasteiger partial charge in [0.05, 0.1) is 5.75 Å². The number of hydrogen-bond acceptors (Lipinski definition) is 5. The summed E-state index contributed by atoms with van der Waals surface area (Å²) in [5, 5.41) is 11.8. The van der Waals surface area contributed by atoms with Crippen molar-refractivity contribution in [2.45, 2.75) is 44.8 Å². The van der Waals surface area contributed by atoms with Crippen molar-refractivity contribution < 1.29 is 4.79 Å². The van der Waals surface area contributed by atoms with Crippen LogP contribution in [0.15, 0.2) is 33.9 Å². The molecule has 0 radical (unpaired) electrons. The van der Waals surface area contributed by atoms with Gasteiger partial charge in [0.1, 0.15) is 0 Å². The maximum atomic E-state index is 12.1. The molecule has 0 aliphatic rings. The van der Waals surface area contributed by atoms with E-state index in [1.807, 2.05) is 31.2 Å². The topological polar surface area (TPSA) is 85.8 Å². The molecule has 3 N–H and O–H groups in total. The molecular weight excluding hydrogens is 402 g/mol. The number of nitrogen functional groups attached to an aromatic ring is 1. The van der Waals surface area contributed by atoms with E-state index < -0.39 is 0 Å². The van der Waals surface area contributed by atoms with Crippen LogP contribution in [-0.4, -0.2) is 32.6 Å². The number of carbonyl (C=O) groups is 1. The molecule has 0 spiro atoms. The second-order valence-corrected chi connectivity index (χ2v) is 8.18. The summed E-state index contributed by atoms with van der Waals surface area (Å²) >= 11 is 4.76. The number of carbonyl (C=O) groups excluding carboxylic acids is 1. The van der Waals surface area contributed by atoms with Gasteiger partial charge in [-0.05, 0) is 37.8 Å². The highest BCUT2D eigenvalue weighted by molar-refractivity contribution is 9.10. The molecular formula is C17H24BrN5OS. The van der Waals surface area contributed by atoms with Crippen LogP contribution in [-0.2, 0) is 4.79 Å². The highest BCUT2D eigenvalue weighted by atomic mass is 79.9. The summed E-state index contributed by atoms with van der Waals surface area (Å²) in [6.45, 7) is 6.39. The van der Waals surface area contributed by atoms with Crippen LogP contribution in [0.2, 0.25) is 0 Å². The highest BCUT2D eigenvalue weighted by Gasteiger charge is 2.16. The lowest BCUT2D eigenvalue weighted by molar-refractivity contribution is -0.119. The van der Waals surface area contributed by atoms with E-state index >= 15 is 0 Å². The number of amides is 1. The average Bonchev–Trinajstić information content (AvgIpc) is 2.92. The van der Waals surface area contributed by atoms with Gasteiger partial charge in [-0.1, -0.05) is 53.7 Å². The number of thioether (sulfide) groups is 1. The smallest absolute Gasteiger partial charge is 0.230 e. The molecule has 8 heteroatoms. The third-order valence-electron chi connectivity index (χ3n) is 3.70. The highest BCUT2D eigenvalue weighted by Crippen LogP contribution is 2.27. The molecule has 1 aromatic carbocycles. The van der Waals surface area contributed by atoms with Crippen molar-refractivity contribution in [3.05, 3.63) is 28.7 Å². The number of benzene rings is 1. The second-order valence-electron chi connectivity index (χ2n) is 6.38. The zero-order chi connectivity index (χ0) is 18.4. The van der Waals surface area contributed by atoms with Crippen LogP contribution in [0.25, 0.3) is 11.4 Å². The first kappa shape index (κ1) is 19.8. The summed E-state index contributed by atoms with van der Waals surface area (Å²) < 4.78 is 2.31. The third kappa shape index (κ3) is 5.74. The van der Waals surface area contributed by atoms with Crippen LogP contribution in [0, 0.1) is 5.92 Å². The molecule has 0 aliphatic heterocycles. The van der Waals surface area contributed by atoms with Crippen molar-refractivity contribution in [2.75, 3.05) is 11.6 Å². The number of aromatic nitrogens is 3. The van der Waals surface area contributed by atoms with Gasteiger partial charge in [0.25, 0.3) is 0 Å². The molecule has 0 bridgehead atoms. The van der Waals surface area contributed by atoms with Crippen LogP contribution < -0.4 is 11.2 Å². The SMILES string of the molecule is CC(C)CCC(C)NC(=O)CSc1nnc(-c2ccccc2Br)n1N. The first-order valence-electron chi connectivity index (χ1n) is 8.26. The van der Waals surface area contributed by atoms with Gasteiger partial charge >= 0.3 is 0 Å². The number of nitrogens with two attached hydrogens (primary N) is 1.